The number of allylic oxidation sites excluding steroid dienone is 2. The van der Waals surface area contributed by atoms with Gasteiger partial charge in [-0.15, -0.1) is 0 Å². The Bertz CT molecular complexity index is 1290. The number of cyclic esters (lactones) is 1. The molecule has 0 aliphatic carbocycles. The van der Waals surface area contributed by atoms with E-state index in [0.717, 1.165) is 17.6 Å². The number of carbonyl (C=O) groups is 5. The highest BCUT2D eigenvalue weighted by Crippen LogP contribution is 2.28. The van der Waals surface area contributed by atoms with Gasteiger partial charge in [-0.3, -0.25) is 24.0 Å². The molecule has 1 rings (SSSR count). The third-order valence-electron chi connectivity index (χ3n) is 10.4. The summed E-state index contributed by atoms with van der Waals surface area (Å²) in [6.07, 6.45) is 3.25. The molecule has 1 aliphatic heterocycles. The quantitative estimate of drug-likeness (QED) is 0.128. The van der Waals surface area contributed by atoms with E-state index in [1.165, 1.54) is 27.7 Å². The smallest absolute Gasteiger partial charge is 0.311 e. The number of aliphatic hydroxyl groups is 3. The van der Waals surface area contributed by atoms with Crippen LogP contribution in [0.2, 0.25) is 0 Å². The van der Waals surface area contributed by atoms with Gasteiger partial charge in [-0.2, -0.15) is 0 Å². The first-order chi connectivity index (χ1) is 26.2. The van der Waals surface area contributed by atoms with Crippen molar-refractivity contribution in [1.29, 1.82) is 0 Å². The summed E-state index contributed by atoms with van der Waals surface area (Å²) in [5, 5.41) is 33.6. The molecule has 322 valence electrons. The first-order valence-corrected chi connectivity index (χ1v) is 20.5. The van der Waals surface area contributed by atoms with E-state index >= 15 is 0 Å². The van der Waals surface area contributed by atoms with Gasteiger partial charge in [0.1, 0.15) is 30.5 Å². The van der Waals surface area contributed by atoms with Gasteiger partial charge in [-0.1, -0.05) is 44.4 Å². The van der Waals surface area contributed by atoms with E-state index in [-0.39, 0.29) is 37.8 Å². The highest BCUT2D eigenvalue weighted by molar-refractivity contribution is 5.73. The van der Waals surface area contributed by atoms with Gasteiger partial charge in [0.15, 0.2) is 0 Å². The standard InChI is InChI=1S/C43H72O13/c1-11-14-36(52-31(7)44)21-27(3)22-41-29(5)40(49)23-35(48)16-13-12-15-26(2)17-19-37(53-32(8)45)24-39(55-34(10)47)25-38(54-33(9)46)20-18-28(4)42(50)30(6)43(51)56-41/h15,22,28-30,35-42,48-50H,11-14,16-21,23-25H2,1-10H3/b26-15+,27-22+/t28-,29+,30+,35?,36?,37?,38+,39+,40?,41-,42+/m1/s1. The second kappa shape index (κ2) is 26.6. The Morgan fingerprint density at radius 3 is 1.95 bits per heavy atom. The second-order valence-corrected chi connectivity index (χ2v) is 16.0. The molecule has 4 unspecified atom stereocenters. The van der Waals surface area contributed by atoms with Crippen LogP contribution in [-0.2, 0) is 47.7 Å². The first kappa shape index (κ1) is 50.7. The van der Waals surface area contributed by atoms with Crippen molar-refractivity contribution in [2.75, 3.05) is 0 Å². The van der Waals surface area contributed by atoms with E-state index in [2.05, 4.69) is 6.08 Å². The van der Waals surface area contributed by atoms with Gasteiger partial charge in [0, 0.05) is 52.9 Å². The van der Waals surface area contributed by atoms with Gasteiger partial charge in [0.25, 0.3) is 0 Å². The molecule has 1 aliphatic rings. The molecule has 1 heterocycles. The summed E-state index contributed by atoms with van der Waals surface area (Å²) in [5.41, 5.74) is 1.85. The Hall–Kier alpha value is -3.29. The van der Waals surface area contributed by atoms with E-state index in [1.54, 1.807) is 26.8 Å². The zero-order chi connectivity index (χ0) is 42.5. The maximum atomic E-state index is 13.7. The lowest BCUT2D eigenvalue weighted by molar-refractivity contribution is -0.160. The van der Waals surface area contributed by atoms with E-state index in [1.807, 2.05) is 20.8 Å². The fourth-order valence-corrected chi connectivity index (χ4v) is 7.21. The van der Waals surface area contributed by atoms with Crippen LogP contribution in [-0.4, -0.2) is 94.0 Å². The summed E-state index contributed by atoms with van der Waals surface area (Å²) in [6, 6.07) is 0. The van der Waals surface area contributed by atoms with Crippen LogP contribution < -0.4 is 0 Å². The van der Waals surface area contributed by atoms with Crippen LogP contribution in [0.25, 0.3) is 0 Å². The van der Waals surface area contributed by atoms with Crippen LogP contribution in [0.5, 0.6) is 0 Å². The maximum Gasteiger partial charge on any atom is 0.311 e. The average molecular weight is 797 g/mol. The Kier molecular flexibility index (Phi) is 24.1. The predicted molar refractivity (Wildman–Crippen MR) is 211 cm³/mol. The van der Waals surface area contributed by atoms with Crippen LogP contribution >= 0.6 is 0 Å². The van der Waals surface area contributed by atoms with Crippen LogP contribution in [0.15, 0.2) is 23.3 Å². The lowest BCUT2D eigenvalue weighted by Crippen LogP contribution is -2.39. The SMILES string of the molecule is CCCC(C/C(C)=C/[C@H]1OC(=O)[C@@H](C)[C@@H](O)[C@H](C)CC[C@H](OC(C)=O)C[C@@H](OC(C)=O)CC(OC(C)=O)CC/C(C)=C/CCCC(O)CC(O)[C@@H]1C)OC(C)=O. The molecule has 0 saturated carbocycles. The normalized spacial score (nSPS) is 31.6. The van der Waals surface area contributed by atoms with Gasteiger partial charge < -0.3 is 39.0 Å². The molecule has 11 atom stereocenters. The molecule has 0 aromatic heterocycles. The van der Waals surface area contributed by atoms with E-state index in [9.17, 15) is 39.3 Å². The van der Waals surface area contributed by atoms with Crippen molar-refractivity contribution < 1.29 is 63.0 Å². The Morgan fingerprint density at radius 1 is 0.821 bits per heavy atom. The second-order valence-electron chi connectivity index (χ2n) is 16.0. The topological polar surface area (TPSA) is 192 Å². The molecular weight excluding hydrogens is 724 g/mol. The maximum absolute atomic E-state index is 13.7. The summed E-state index contributed by atoms with van der Waals surface area (Å²) in [5.74, 6) is -4.66. The molecule has 13 heteroatoms. The average Bonchev–Trinajstić information content (AvgIpc) is 3.08. The summed E-state index contributed by atoms with van der Waals surface area (Å²) in [7, 11) is 0. The van der Waals surface area contributed by atoms with Crippen molar-refractivity contribution >= 4 is 29.8 Å². The van der Waals surface area contributed by atoms with Gasteiger partial charge in [0.05, 0.1) is 24.2 Å². The van der Waals surface area contributed by atoms with E-state index in [0.29, 0.717) is 51.4 Å². The summed E-state index contributed by atoms with van der Waals surface area (Å²) >= 11 is 0. The highest BCUT2D eigenvalue weighted by Gasteiger charge is 2.34. The van der Waals surface area contributed by atoms with E-state index < -0.39 is 84.4 Å². The molecule has 0 radical (unpaired) electrons. The summed E-state index contributed by atoms with van der Waals surface area (Å²) in [4.78, 5) is 61.8. The monoisotopic (exact) mass is 796 g/mol. The highest BCUT2D eigenvalue weighted by atomic mass is 16.6. The third kappa shape index (κ3) is 21.3. The van der Waals surface area contributed by atoms with Crippen molar-refractivity contribution in [3.05, 3.63) is 23.3 Å². The number of hydrogen-bond donors (Lipinski definition) is 3. The molecule has 0 aromatic rings. The Balaban J connectivity index is 3.50. The number of aliphatic hydroxyl groups excluding tert-OH is 3. The molecule has 0 amide bonds. The number of carbonyl (C=O) groups excluding carboxylic acids is 5. The van der Waals surface area contributed by atoms with Crippen molar-refractivity contribution in [1.82, 2.24) is 0 Å². The van der Waals surface area contributed by atoms with Crippen molar-refractivity contribution in [2.24, 2.45) is 17.8 Å². The van der Waals surface area contributed by atoms with E-state index in [4.69, 9.17) is 23.7 Å². The van der Waals surface area contributed by atoms with Crippen molar-refractivity contribution in [3.63, 3.8) is 0 Å². The molecule has 13 nitrogen and oxygen atoms in total. The van der Waals surface area contributed by atoms with Gasteiger partial charge in [-0.25, -0.2) is 0 Å². The zero-order valence-electron chi connectivity index (χ0n) is 35.6. The van der Waals surface area contributed by atoms with Gasteiger partial charge in [0.2, 0.25) is 0 Å². The van der Waals surface area contributed by atoms with Crippen molar-refractivity contribution in [2.45, 2.75) is 202 Å². The molecule has 56 heavy (non-hydrogen) atoms. The largest absolute Gasteiger partial charge is 0.462 e. The number of esters is 5. The zero-order valence-corrected chi connectivity index (χ0v) is 35.6. The number of ether oxygens (including phenoxy) is 5. The molecule has 0 aromatic carbocycles. The third-order valence-corrected chi connectivity index (χ3v) is 10.4. The fourth-order valence-electron chi connectivity index (χ4n) is 7.21. The first-order valence-electron chi connectivity index (χ1n) is 20.5. The number of rotatable bonds is 9. The van der Waals surface area contributed by atoms with Crippen LogP contribution in [0.4, 0.5) is 0 Å². The fraction of sp³-hybridized carbons (Fsp3) is 0.791. The predicted octanol–water partition coefficient (Wildman–Crippen LogP) is 6.61. The van der Waals surface area contributed by atoms with Crippen LogP contribution in [0.1, 0.15) is 153 Å². The minimum absolute atomic E-state index is 0.0585. The Morgan fingerprint density at radius 2 is 1.39 bits per heavy atom. The minimum atomic E-state index is -1.15. The lowest BCUT2D eigenvalue weighted by atomic mass is 9.87. The van der Waals surface area contributed by atoms with Gasteiger partial charge in [-0.05, 0) is 90.6 Å². The molecule has 0 bridgehead atoms. The van der Waals surface area contributed by atoms with Gasteiger partial charge >= 0.3 is 29.8 Å². The van der Waals surface area contributed by atoms with Crippen molar-refractivity contribution in [3.8, 4) is 0 Å². The summed E-state index contributed by atoms with van der Waals surface area (Å²) in [6.45, 7) is 16.1. The van der Waals surface area contributed by atoms with Crippen LogP contribution in [0, 0.1) is 17.8 Å². The molecular formula is C43H72O13. The minimum Gasteiger partial charge on any atom is -0.462 e. The molecule has 0 spiro atoms. The Labute approximate surface area is 334 Å². The molecule has 3 N–H and O–H groups in total. The molecule has 0 saturated heterocycles. The number of hydrogen-bond acceptors (Lipinski definition) is 13. The lowest BCUT2D eigenvalue weighted by Gasteiger charge is -2.31. The summed E-state index contributed by atoms with van der Waals surface area (Å²) < 4.78 is 28.4. The van der Waals surface area contributed by atoms with Crippen LogP contribution in [0.3, 0.4) is 0 Å². The molecule has 0 fully saturated rings.